The van der Waals surface area contributed by atoms with Crippen molar-refractivity contribution >= 4 is 17.7 Å². The van der Waals surface area contributed by atoms with Gasteiger partial charge in [-0.2, -0.15) is 0 Å². The molecule has 170 valence electrons. The number of carbonyl (C=O) groups is 3. The Bertz CT molecular complexity index is 520. The van der Waals surface area contributed by atoms with Crippen molar-refractivity contribution in [1.29, 1.82) is 0 Å². The lowest BCUT2D eigenvalue weighted by molar-refractivity contribution is -0.169. The van der Waals surface area contributed by atoms with Crippen LogP contribution in [0.15, 0.2) is 38.0 Å². The number of Topliss-reactive ketones (excluding diaryl/α,β-unsaturated/α-hetero) is 1. The highest BCUT2D eigenvalue weighted by Gasteiger charge is 2.38. The van der Waals surface area contributed by atoms with E-state index in [-0.39, 0.29) is 19.3 Å². The van der Waals surface area contributed by atoms with Crippen molar-refractivity contribution in [2.45, 2.75) is 82.7 Å². The summed E-state index contributed by atoms with van der Waals surface area (Å²) in [7, 11) is 0. The lowest BCUT2D eigenvalue weighted by Gasteiger charge is -2.26. The van der Waals surface area contributed by atoms with E-state index in [2.05, 4.69) is 19.7 Å². The van der Waals surface area contributed by atoms with Crippen LogP contribution in [0.5, 0.6) is 0 Å². The highest BCUT2D eigenvalue weighted by molar-refractivity contribution is 5.88. The lowest BCUT2D eigenvalue weighted by atomic mass is 9.95. The van der Waals surface area contributed by atoms with Crippen molar-refractivity contribution in [2.75, 3.05) is 13.2 Å². The molecule has 0 aliphatic heterocycles. The smallest absolute Gasteiger partial charge is 0.305 e. The van der Waals surface area contributed by atoms with E-state index in [4.69, 9.17) is 9.47 Å². The van der Waals surface area contributed by atoms with Gasteiger partial charge in [-0.05, 0) is 57.8 Å². The zero-order valence-corrected chi connectivity index (χ0v) is 18.2. The summed E-state index contributed by atoms with van der Waals surface area (Å²) in [4.78, 5) is 36.4. The quantitative estimate of drug-likeness (QED) is 0.175. The summed E-state index contributed by atoms with van der Waals surface area (Å²) in [5.41, 5.74) is -2.03. The minimum atomic E-state index is -2.03. The van der Waals surface area contributed by atoms with Crippen molar-refractivity contribution in [3.05, 3.63) is 38.0 Å². The van der Waals surface area contributed by atoms with Crippen molar-refractivity contribution in [1.82, 2.24) is 0 Å². The molecule has 0 radical (unpaired) electrons. The van der Waals surface area contributed by atoms with Gasteiger partial charge in [-0.25, -0.2) is 0 Å². The van der Waals surface area contributed by atoms with E-state index in [9.17, 15) is 19.5 Å². The topological polar surface area (TPSA) is 89.9 Å². The van der Waals surface area contributed by atoms with Gasteiger partial charge < -0.3 is 14.6 Å². The van der Waals surface area contributed by atoms with Crippen LogP contribution in [0, 0.1) is 0 Å². The molecule has 30 heavy (non-hydrogen) atoms. The Kier molecular flexibility index (Phi) is 16.3. The molecule has 0 aliphatic carbocycles. The number of ether oxygens (including phenoxy) is 2. The molecule has 0 aromatic heterocycles. The predicted octanol–water partition coefficient (Wildman–Crippen LogP) is 4.61. The molecule has 1 N–H and O–H groups in total. The summed E-state index contributed by atoms with van der Waals surface area (Å²) in [6.07, 6.45) is 12.4. The molecule has 0 aromatic carbocycles. The zero-order valence-electron chi connectivity index (χ0n) is 18.2. The molecule has 0 heterocycles. The normalized spacial score (nSPS) is 10.8. The highest BCUT2D eigenvalue weighted by atomic mass is 16.6. The maximum absolute atomic E-state index is 12.6. The molecule has 0 amide bonds. The number of allylic oxidation sites excluding steroid dienone is 3. The number of hydrogen-bond donors (Lipinski definition) is 1. The van der Waals surface area contributed by atoms with Gasteiger partial charge >= 0.3 is 11.9 Å². The van der Waals surface area contributed by atoms with Gasteiger partial charge in [0, 0.05) is 19.3 Å². The van der Waals surface area contributed by atoms with Crippen LogP contribution in [0.1, 0.15) is 77.0 Å². The number of aliphatic hydroxyl groups is 1. The molecule has 0 unspecified atom stereocenters. The first kappa shape index (κ1) is 27.8. The average Bonchev–Trinajstić information content (AvgIpc) is 2.74. The fourth-order valence-electron chi connectivity index (χ4n) is 2.67. The monoisotopic (exact) mass is 422 g/mol. The molecule has 0 saturated heterocycles. The first-order valence-electron chi connectivity index (χ1n) is 10.8. The third kappa shape index (κ3) is 13.9. The van der Waals surface area contributed by atoms with E-state index in [1.54, 1.807) is 18.2 Å². The van der Waals surface area contributed by atoms with Crippen molar-refractivity contribution in [2.24, 2.45) is 0 Å². The molecule has 0 rings (SSSR count). The van der Waals surface area contributed by atoms with Gasteiger partial charge in [-0.15, -0.1) is 19.7 Å². The average molecular weight is 423 g/mol. The number of ketones is 1. The summed E-state index contributed by atoms with van der Waals surface area (Å²) in [6, 6.07) is 0. The predicted molar refractivity (Wildman–Crippen MR) is 118 cm³/mol. The number of carbonyl (C=O) groups excluding carboxylic acids is 3. The highest BCUT2D eigenvalue weighted by Crippen LogP contribution is 2.16. The van der Waals surface area contributed by atoms with Gasteiger partial charge in [-0.1, -0.05) is 18.2 Å². The molecule has 0 aliphatic rings. The fourth-order valence-corrected chi connectivity index (χ4v) is 2.67. The second-order valence-electron chi connectivity index (χ2n) is 7.38. The fraction of sp³-hybridized carbons (Fsp3) is 0.625. The van der Waals surface area contributed by atoms with Crippen LogP contribution in [0.4, 0.5) is 0 Å². The Labute approximate surface area is 181 Å². The summed E-state index contributed by atoms with van der Waals surface area (Å²) in [6.45, 7) is 9.85. The Balaban J connectivity index is 4.69. The van der Waals surface area contributed by atoms with Crippen LogP contribution in [-0.4, -0.2) is 41.6 Å². The summed E-state index contributed by atoms with van der Waals surface area (Å²) in [5, 5.41) is 10.8. The second-order valence-corrected chi connectivity index (χ2v) is 7.38. The molecular weight excluding hydrogens is 384 g/mol. The Hall–Kier alpha value is -2.21. The number of hydrogen-bond acceptors (Lipinski definition) is 6. The van der Waals surface area contributed by atoms with Crippen molar-refractivity contribution in [3.63, 3.8) is 0 Å². The standard InChI is InChI=1S/C24H38O6/c1-4-7-10-13-16-21(25)24(28,19-29-22(26)17-14-11-8-5-2)20-30-23(27)18-15-12-9-6-3/h4-6,28H,1-3,7-20H2. The SMILES string of the molecule is C=CCCCCC(=O)OCC(O)(COC(=O)CCCCC=C)C(=O)CCCCC=C. The molecular formula is C24H38O6. The van der Waals surface area contributed by atoms with E-state index in [1.807, 2.05) is 0 Å². The zero-order chi connectivity index (χ0) is 22.7. The van der Waals surface area contributed by atoms with E-state index in [0.29, 0.717) is 19.3 Å². The number of rotatable bonds is 20. The van der Waals surface area contributed by atoms with Crippen LogP contribution in [0.2, 0.25) is 0 Å². The van der Waals surface area contributed by atoms with Crippen LogP contribution in [0.25, 0.3) is 0 Å². The molecule has 0 bridgehead atoms. The van der Waals surface area contributed by atoms with Gasteiger partial charge in [-0.3, -0.25) is 14.4 Å². The molecule has 0 aromatic rings. The minimum absolute atomic E-state index is 0.109. The Morgan fingerprint density at radius 1 is 0.667 bits per heavy atom. The molecule has 0 atom stereocenters. The molecule has 0 spiro atoms. The van der Waals surface area contributed by atoms with Gasteiger partial charge in [0.25, 0.3) is 0 Å². The maximum Gasteiger partial charge on any atom is 0.305 e. The van der Waals surface area contributed by atoms with Crippen LogP contribution in [0.3, 0.4) is 0 Å². The van der Waals surface area contributed by atoms with Gasteiger partial charge in [0.1, 0.15) is 13.2 Å². The van der Waals surface area contributed by atoms with Crippen LogP contribution >= 0.6 is 0 Å². The summed E-state index contributed by atoms with van der Waals surface area (Å²) in [5.74, 6) is -1.48. The Morgan fingerprint density at radius 2 is 1.03 bits per heavy atom. The Morgan fingerprint density at radius 3 is 1.40 bits per heavy atom. The lowest BCUT2D eigenvalue weighted by Crippen LogP contribution is -2.48. The molecule has 0 saturated carbocycles. The van der Waals surface area contributed by atoms with E-state index in [0.717, 1.165) is 38.5 Å². The molecule has 6 nitrogen and oxygen atoms in total. The van der Waals surface area contributed by atoms with E-state index >= 15 is 0 Å². The van der Waals surface area contributed by atoms with Crippen LogP contribution in [-0.2, 0) is 23.9 Å². The maximum atomic E-state index is 12.6. The molecule has 6 heteroatoms. The van der Waals surface area contributed by atoms with Gasteiger partial charge in [0.15, 0.2) is 11.4 Å². The summed E-state index contributed by atoms with van der Waals surface area (Å²) >= 11 is 0. The first-order valence-corrected chi connectivity index (χ1v) is 10.8. The first-order chi connectivity index (χ1) is 14.4. The minimum Gasteiger partial charge on any atom is -0.462 e. The van der Waals surface area contributed by atoms with Crippen LogP contribution < -0.4 is 0 Å². The number of unbranched alkanes of at least 4 members (excludes halogenated alkanes) is 6. The van der Waals surface area contributed by atoms with Crippen molar-refractivity contribution < 1.29 is 29.0 Å². The number of esters is 2. The molecule has 0 fully saturated rings. The van der Waals surface area contributed by atoms with Crippen molar-refractivity contribution in [3.8, 4) is 0 Å². The largest absolute Gasteiger partial charge is 0.462 e. The second kappa shape index (κ2) is 17.6. The van der Waals surface area contributed by atoms with Gasteiger partial charge in [0.05, 0.1) is 0 Å². The summed E-state index contributed by atoms with van der Waals surface area (Å²) < 4.78 is 10.3. The van der Waals surface area contributed by atoms with E-state index < -0.39 is 36.5 Å². The third-order valence-corrected chi connectivity index (χ3v) is 4.60. The van der Waals surface area contributed by atoms with Gasteiger partial charge in [0.2, 0.25) is 0 Å². The van der Waals surface area contributed by atoms with E-state index in [1.165, 1.54) is 0 Å². The third-order valence-electron chi connectivity index (χ3n) is 4.60.